The number of ether oxygens (including phenoxy) is 1. The highest BCUT2D eigenvalue weighted by Gasteiger charge is 2.24. The molecule has 3 N–H and O–H groups in total. The Hall–Kier alpha value is -5.51. The third-order valence-corrected chi connectivity index (χ3v) is 7.88. The summed E-state index contributed by atoms with van der Waals surface area (Å²) in [6.07, 6.45) is 4.66. The molecule has 5 aromatic rings. The maximum absolute atomic E-state index is 13.6. The van der Waals surface area contributed by atoms with Gasteiger partial charge in [-0.25, -0.2) is 4.79 Å². The summed E-state index contributed by atoms with van der Waals surface area (Å²) in [5.41, 5.74) is 4.12. The van der Waals surface area contributed by atoms with Gasteiger partial charge in [0.2, 0.25) is 11.8 Å². The van der Waals surface area contributed by atoms with Gasteiger partial charge in [0.25, 0.3) is 6.01 Å². The summed E-state index contributed by atoms with van der Waals surface area (Å²) in [5.74, 6) is 0.329. The lowest BCUT2D eigenvalue weighted by Crippen LogP contribution is -2.42. The summed E-state index contributed by atoms with van der Waals surface area (Å²) >= 11 is 0. The van der Waals surface area contributed by atoms with Gasteiger partial charge in [0.15, 0.2) is 0 Å². The average Bonchev–Trinajstić information content (AvgIpc) is 3.07. The summed E-state index contributed by atoms with van der Waals surface area (Å²) in [5, 5.41) is 9.37. The summed E-state index contributed by atoms with van der Waals surface area (Å²) in [6, 6.07) is 23.3. The maximum Gasteiger partial charge on any atom is 0.348 e. The Balaban J connectivity index is 1.32. The molecule has 1 unspecified atom stereocenters. The van der Waals surface area contributed by atoms with Gasteiger partial charge in [-0.15, -0.1) is 0 Å². The smallest absolute Gasteiger partial charge is 0.348 e. The van der Waals surface area contributed by atoms with Crippen LogP contribution >= 0.6 is 0 Å². The van der Waals surface area contributed by atoms with Crippen LogP contribution < -0.4 is 26.3 Å². The van der Waals surface area contributed by atoms with Gasteiger partial charge in [-0.05, 0) is 72.4 Å². The second-order valence-corrected chi connectivity index (χ2v) is 11.1. The van der Waals surface area contributed by atoms with E-state index in [1.54, 1.807) is 32.5 Å². The standard InChI is InChI=1S/C36H37N5O5/c1-23-28(22-38-32(42)18-13-26-8-7-19-37-21-26)14-17-30-33(23)35(44)46-36(40-30)41-31(20-25-11-15-29(45-3)16-12-25)34(43)39-24(2)27-9-5-4-6-10-27/h4-12,14-17,19,21,24,31H,13,18,20,22H2,1-3H3,(H,38,42)(H,39,43)(H,40,41)/t24?,31-/m0/s1. The van der Waals surface area contributed by atoms with Crippen molar-refractivity contribution >= 4 is 28.7 Å². The van der Waals surface area contributed by atoms with E-state index < -0.39 is 11.7 Å². The SMILES string of the molecule is COc1ccc(C[C@H](Nc2nc3ccc(CNC(=O)CCc4cccnc4)c(C)c3c(=O)o2)C(=O)NC(C)c2ccccc2)cc1. The second-order valence-electron chi connectivity index (χ2n) is 11.1. The van der Waals surface area contributed by atoms with Crippen molar-refractivity contribution in [3.05, 3.63) is 129 Å². The van der Waals surface area contributed by atoms with E-state index in [0.29, 0.717) is 41.5 Å². The molecule has 0 bridgehead atoms. The highest BCUT2D eigenvalue weighted by atomic mass is 16.5. The Morgan fingerprint density at radius 1 is 0.957 bits per heavy atom. The highest BCUT2D eigenvalue weighted by Crippen LogP contribution is 2.21. The number of anilines is 1. The molecule has 2 amide bonds. The number of carbonyl (C=O) groups excluding carboxylic acids is 2. The topological polar surface area (TPSA) is 135 Å². The second kappa shape index (κ2) is 15.0. The van der Waals surface area contributed by atoms with Crippen LogP contribution in [0, 0.1) is 6.92 Å². The fourth-order valence-electron chi connectivity index (χ4n) is 5.20. The predicted molar refractivity (Wildman–Crippen MR) is 177 cm³/mol. The van der Waals surface area contributed by atoms with E-state index in [9.17, 15) is 14.4 Å². The monoisotopic (exact) mass is 619 g/mol. The number of aromatic nitrogens is 2. The first-order chi connectivity index (χ1) is 22.3. The van der Waals surface area contributed by atoms with Crippen LogP contribution in [0.1, 0.15) is 47.2 Å². The highest BCUT2D eigenvalue weighted by molar-refractivity contribution is 5.86. The number of carbonyl (C=O) groups is 2. The fraction of sp³-hybridized carbons (Fsp3) is 0.250. The van der Waals surface area contributed by atoms with Crippen molar-refractivity contribution in [2.45, 2.75) is 51.7 Å². The molecule has 0 radical (unpaired) electrons. The van der Waals surface area contributed by atoms with Crippen molar-refractivity contribution in [1.29, 1.82) is 0 Å². The Kier molecular flexibility index (Phi) is 10.4. The minimum Gasteiger partial charge on any atom is -0.497 e. The Morgan fingerprint density at radius 3 is 2.46 bits per heavy atom. The van der Waals surface area contributed by atoms with E-state index in [2.05, 4.69) is 25.9 Å². The van der Waals surface area contributed by atoms with Gasteiger partial charge in [-0.3, -0.25) is 14.6 Å². The van der Waals surface area contributed by atoms with Crippen LogP contribution in [0.2, 0.25) is 0 Å². The first kappa shape index (κ1) is 31.9. The van der Waals surface area contributed by atoms with Gasteiger partial charge in [0.1, 0.15) is 11.8 Å². The molecule has 0 aliphatic rings. The first-order valence-corrected chi connectivity index (χ1v) is 15.1. The number of benzene rings is 3. The van der Waals surface area contributed by atoms with Crippen LogP contribution in [0.15, 0.2) is 100 Å². The van der Waals surface area contributed by atoms with Crippen molar-refractivity contribution < 1.29 is 18.7 Å². The number of nitrogens with zero attached hydrogens (tertiary/aromatic N) is 2. The molecule has 236 valence electrons. The minimum absolute atomic E-state index is 0.0608. The quantitative estimate of drug-likeness (QED) is 0.167. The number of rotatable bonds is 13. The number of nitrogens with one attached hydrogen (secondary N) is 3. The molecular formula is C36H37N5O5. The number of aryl methyl sites for hydroxylation is 2. The molecule has 2 atom stereocenters. The van der Waals surface area contributed by atoms with Crippen LogP contribution in [-0.4, -0.2) is 34.9 Å². The van der Waals surface area contributed by atoms with E-state index in [1.807, 2.05) is 79.7 Å². The number of fused-ring (bicyclic) bond motifs is 1. The number of methoxy groups -OCH3 is 1. The molecule has 10 heteroatoms. The van der Waals surface area contributed by atoms with Gasteiger partial charge in [-0.1, -0.05) is 54.6 Å². The van der Waals surface area contributed by atoms with Gasteiger partial charge >= 0.3 is 5.63 Å². The van der Waals surface area contributed by atoms with Crippen molar-refractivity contribution in [2.75, 3.05) is 12.4 Å². The largest absolute Gasteiger partial charge is 0.497 e. The van der Waals surface area contributed by atoms with Crippen molar-refractivity contribution in [3.8, 4) is 5.75 Å². The summed E-state index contributed by atoms with van der Waals surface area (Å²) in [4.78, 5) is 47.9. The molecule has 3 aromatic carbocycles. The summed E-state index contributed by atoms with van der Waals surface area (Å²) in [7, 11) is 1.59. The van der Waals surface area contributed by atoms with Crippen molar-refractivity contribution in [3.63, 3.8) is 0 Å². The van der Waals surface area contributed by atoms with E-state index in [-0.39, 0.29) is 30.4 Å². The molecule has 46 heavy (non-hydrogen) atoms. The van der Waals surface area contributed by atoms with Crippen LogP contribution in [-0.2, 0) is 29.0 Å². The number of pyridine rings is 1. The van der Waals surface area contributed by atoms with E-state index in [1.165, 1.54) is 0 Å². The molecule has 2 aromatic heterocycles. The Morgan fingerprint density at radius 2 is 1.74 bits per heavy atom. The van der Waals surface area contributed by atoms with E-state index in [4.69, 9.17) is 9.15 Å². The number of hydrogen-bond donors (Lipinski definition) is 3. The van der Waals surface area contributed by atoms with Gasteiger partial charge in [0.05, 0.1) is 24.1 Å². The number of hydrogen-bond acceptors (Lipinski definition) is 8. The van der Waals surface area contributed by atoms with Gasteiger partial charge in [0, 0.05) is 31.8 Å². The third kappa shape index (κ3) is 8.15. The molecule has 2 heterocycles. The van der Waals surface area contributed by atoms with Gasteiger partial charge < -0.3 is 25.1 Å². The van der Waals surface area contributed by atoms with Gasteiger partial charge in [-0.2, -0.15) is 4.98 Å². The zero-order valence-corrected chi connectivity index (χ0v) is 26.1. The maximum atomic E-state index is 13.6. The van der Waals surface area contributed by atoms with E-state index >= 15 is 0 Å². The zero-order chi connectivity index (χ0) is 32.5. The molecule has 0 aliphatic carbocycles. The molecule has 0 saturated carbocycles. The molecule has 0 aliphatic heterocycles. The molecular weight excluding hydrogens is 582 g/mol. The lowest BCUT2D eigenvalue weighted by atomic mass is 10.0. The van der Waals surface area contributed by atoms with E-state index in [0.717, 1.165) is 22.3 Å². The van der Waals surface area contributed by atoms with Crippen LogP contribution in [0.25, 0.3) is 10.9 Å². The van der Waals surface area contributed by atoms with Crippen molar-refractivity contribution in [1.82, 2.24) is 20.6 Å². The first-order valence-electron chi connectivity index (χ1n) is 15.1. The number of amides is 2. The Bertz CT molecular complexity index is 1840. The lowest BCUT2D eigenvalue weighted by Gasteiger charge is -2.22. The predicted octanol–water partition coefficient (Wildman–Crippen LogP) is 5.05. The summed E-state index contributed by atoms with van der Waals surface area (Å²) < 4.78 is 10.9. The molecule has 0 saturated heterocycles. The molecule has 0 fully saturated rings. The lowest BCUT2D eigenvalue weighted by molar-refractivity contribution is -0.122. The van der Waals surface area contributed by atoms with Crippen molar-refractivity contribution in [2.24, 2.45) is 0 Å². The normalized spacial score (nSPS) is 12.2. The fourth-order valence-corrected chi connectivity index (χ4v) is 5.20. The average molecular weight is 620 g/mol. The summed E-state index contributed by atoms with van der Waals surface area (Å²) in [6.45, 7) is 3.97. The molecule has 10 nitrogen and oxygen atoms in total. The third-order valence-electron chi connectivity index (χ3n) is 7.88. The Labute approximate surface area is 267 Å². The van der Waals surface area contributed by atoms with Crippen LogP contribution in [0.3, 0.4) is 0 Å². The molecule has 0 spiro atoms. The zero-order valence-electron chi connectivity index (χ0n) is 26.1. The minimum atomic E-state index is -0.796. The van der Waals surface area contributed by atoms with Crippen LogP contribution in [0.5, 0.6) is 5.75 Å². The molecule has 5 rings (SSSR count). The van der Waals surface area contributed by atoms with Crippen LogP contribution in [0.4, 0.5) is 6.01 Å².